The molecule has 7 heteroatoms. The highest BCUT2D eigenvalue weighted by molar-refractivity contribution is 7.88. The minimum absolute atomic E-state index is 0.0251. The van der Waals surface area contributed by atoms with Crippen LogP contribution in [0.5, 0.6) is 0 Å². The van der Waals surface area contributed by atoms with Crippen molar-refractivity contribution in [3.05, 3.63) is 95.6 Å². The zero-order chi connectivity index (χ0) is 31.2. The van der Waals surface area contributed by atoms with Gasteiger partial charge in [0, 0.05) is 40.5 Å². The maximum Gasteiger partial charge on any atom is 0.211 e. The van der Waals surface area contributed by atoms with Crippen LogP contribution in [-0.2, 0) is 16.6 Å². The Hall–Kier alpha value is -2.58. The van der Waals surface area contributed by atoms with Crippen LogP contribution in [0.1, 0.15) is 74.7 Å². The van der Waals surface area contributed by atoms with E-state index in [2.05, 4.69) is 32.1 Å². The van der Waals surface area contributed by atoms with Gasteiger partial charge in [-0.25, -0.2) is 8.42 Å². The molecule has 6 nitrogen and oxygen atoms in total. The summed E-state index contributed by atoms with van der Waals surface area (Å²) in [4.78, 5) is 14.5. The van der Waals surface area contributed by atoms with E-state index in [1.54, 1.807) is 0 Å². The molecule has 234 valence electrons. The number of allylic oxidation sites excluding steroid dienone is 4. The van der Waals surface area contributed by atoms with Gasteiger partial charge in [0.2, 0.25) is 10.0 Å². The maximum absolute atomic E-state index is 14.5. The second-order valence-electron chi connectivity index (χ2n) is 15.0. The maximum atomic E-state index is 14.5. The van der Waals surface area contributed by atoms with Gasteiger partial charge in [0.1, 0.15) is 0 Å². The van der Waals surface area contributed by atoms with Gasteiger partial charge in [-0.15, -0.1) is 0 Å². The molecule has 44 heavy (non-hydrogen) atoms. The van der Waals surface area contributed by atoms with E-state index in [1.165, 1.54) is 10.6 Å². The minimum Gasteiger partial charge on any atom is -0.393 e. The number of Topliss-reactive ketones (excluding diaryl/α,β-unsaturated/α-hetero) is 1. The SMILES string of the molecule is CC12CCC(O)CC13C=CC1(C(C(=O)c4ccccc4)=C3)C2CCC2(C)C1CCC2(O)CN(Cc1ccccc1)S(C)(=O)=O. The number of benzene rings is 2. The predicted molar refractivity (Wildman–Crippen MR) is 171 cm³/mol. The van der Waals surface area contributed by atoms with Crippen molar-refractivity contribution in [1.82, 2.24) is 4.31 Å². The molecule has 2 bridgehead atoms. The molecule has 2 aromatic carbocycles. The van der Waals surface area contributed by atoms with E-state index in [9.17, 15) is 23.4 Å². The lowest BCUT2D eigenvalue weighted by molar-refractivity contribution is -0.173. The monoisotopic (exact) mass is 615 g/mol. The van der Waals surface area contributed by atoms with Gasteiger partial charge in [-0.1, -0.05) is 92.7 Å². The van der Waals surface area contributed by atoms with Crippen molar-refractivity contribution < 1.29 is 23.4 Å². The standard InChI is InChI=1S/C37H45NO5S/c1-33-17-14-28(39)22-35(33)20-21-37(29(23-35)32(40)27-12-8-5-9-13-27)30(33)15-18-34(2)31(37)16-19-36(34,41)25-38(44(3,42)43)24-26-10-6-4-7-11-26/h4-13,20-21,23,28,30-31,39,41H,14-19,22,24-25H2,1-3H3. The van der Waals surface area contributed by atoms with E-state index < -0.39 is 32.6 Å². The Morgan fingerprint density at radius 1 is 0.886 bits per heavy atom. The molecule has 0 radical (unpaired) electrons. The summed E-state index contributed by atoms with van der Waals surface area (Å²) >= 11 is 0. The van der Waals surface area contributed by atoms with Gasteiger partial charge in [0.05, 0.1) is 18.0 Å². The van der Waals surface area contributed by atoms with Crippen molar-refractivity contribution in [2.45, 2.75) is 77.0 Å². The number of carbonyl (C=O) groups excluding carboxylic acids is 1. The number of sulfonamides is 1. The lowest BCUT2D eigenvalue weighted by Gasteiger charge is -2.71. The summed E-state index contributed by atoms with van der Waals surface area (Å²) in [5, 5.41) is 23.6. The third-order valence-corrected chi connectivity index (χ3v) is 14.3. The molecular formula is C37H45NO5S. The number of carbonyl (C=O) groups is 1. The molecule has 8 rings (SSSR count). The van der Waals surface area contributed by atoms with Crippen LogP contribution in [0.2, 0.25) is 0 Å². The highest BCUT2D eigenvalue weighted by Gasteiger charge is 2.74. The Balaban J connectivity index is 1.33. The van der Waals surface area contributed by atoms with Crippen molar-refractivity contribution in [3.8, 4) is 0 Å². The summed E-state index contributed by atoms with van der Waals surface area (Å²) in [5.41, 5.74) is -0.573. The summed E-state index contributed by atoms with van der Waals surface area (Å²) in [6.45, 7) is 4.76. The predicted octanol–water partition coefficient (Wildman–Crippen LogP) is 5.92. The average Bonchev–Trinajstić information content (AvgIpc) is 3.27. The summed E-state index contributed by atoms with van der Waals surface area (Å²) in [5.74, 6) is 0.188. The van der Waals surface area contributed by atoms with E-state index >= 15 is 0 Å². The van der Waals surface area contributed by atoms with Crippen LogP contribution in [0, 0.1) is 33.5 Å². The van der Waals surface area contributed by atoms with Crippen LogP contribution in [0.3, 0.4) is 0 Å². The molecule has 8 atom stereocenters. The van der Waals surface area contributed by atoms with Crippen molar-refractivity contribution in [2.24, 2.45) is 33.5 Å². The second-order valence-corrected chi connectivity index (χ2v) is 17.0. The first kappa shape index (κ1) is 30.1. The zero-order valence-electron chi connectivity index (χ0n) is 26.1. The number of aliphatic hydroxyl groups excluding tert-OH is 1. The fourth-order valence-electron chi connectivity index (χ4n) is 10.7. The largest absolute Gasteiger partial charge is 0.393 e. The van der Waals surface area contributed by atoms with E-state index in [0.717, 1.165) is 36.8 Å². The average molecular weight is 616 g/mol. The smallest absolute Gasteiger partial charge is 0.211 e. The van der Waals surface area contributed by atoms with Gasteiger partial charge in [-0.05, 0) is 67.8 Å². The van der Waals surface area contributed by atoms with Crippen LogP contribution in [0.25, 0.3) is 0 Å². The normalized spacial score (nSPS) is 40.7. The quantitative estimate of drug-likeness (QED) is 0.298. The van der Waals surface area contributed by atoms with Crippen LogP contribution in [-0.4, -0.2) is 53.2 Å². The molecule has 3 saturated carbocycles. The van der Waals surface area contributed by atoms with Gasteiger partial charge in [0.15, 0.2) is 5.78 Å². The number of hydrogen-bond acceptors (Lipinski definition) is 5. The van der Waals surface area contributed by atoms with Crippen molar-refractivity contribution in [3.63, 3.8) is 0 Å². The molecule has 2 spiro atoms. The van der Waals surface area contributed by atoms with Gasteiger partial charge >= 0.3 is 0 Å². The van der Waals surface area contributed by atoms with Gasteiger partial charge in [-0.2, -0.15) is 4.31 Å². The Morgan fingerprint density at radius 2 is 1.50 bits per heavy atom. The van der Waals surface area contributed by atoms with Gasteiger partial charge in [0.25, 0.3) is 0 Å². The Bertz CT molecular complexity index is 1640. The Kier molecular flexibility index (Phi) is 6.81. The fourth-order valence-corrected chi connectivity index (χ4v) is 11.5. The van der Waals surface area contributed by atoms with Crippen LogP contribution >= 0.6 is 0 Å². The number of nitrogens with zero attached hydrogens (tertiary/aromatic N) is 1. The van der Waals surface area contributed by atoms with Crippen LogP contribution in [0.15, 0.2) is 84.5 Å². The van der Waals surface area contributed by atoms with E-state index in [0.29, 0.717) is 24.8 Å². The molecule has 6 aliphatic carbocycles. The number of hydrogen-bond donors (Lipinski definition) is 2. The number of fused-ring (bicyclic) bond motifs is 1. The molecule has 6 aliphatic rings. The molecule has 0 heterocycles. The zero-order valence-corrected chi connectivity index (χ0v) is 26.9. The molecule has 2 aromatic rings. The fraction of sp³-hybridized carbons (Fsp3) is 0.541. The highest BCUT2D eigenvalue weighted by atomic mass is 32.2. The summed E-state index contributed by atoms with van der Waals surface area (Å²) < 4.78 is 27.7. The lowest BCUT2D eigenvalue weighted by Crippen LogP contribution is -2.67. The van der Waals surface area contributed by atoms with E-state index in [-0.39, 0.29) is 41.5 Å². The van der Waals surface area contributed by atoms with E-state index in [4.69, 9.17) is 0 Å². The topological polar surface area (TPSA) is 94.9 Å². The van der Waals surface area contributed by atoms with Gasteiger partial charge in [-0.3, -0.25) is 4.79 Å². The molecule has 0 saturated heterocycles. The molecule has 2 N–H and O–H groups in total. The highest BCUT2D eigenvalue weighted by Crippen LogP contribution is 2.78. The first-order valence-electron chi connectivity index (χ1n) is 16.2. The van der Waals surface area contributed by atoms with Crippen molar-refractivity contribution in [2.75, 3.05) is 12.8 Å². The third-order valence-electron chi connectivity index (χ3n) is 13.1. The summed E-state index contributed by atoms with van der Waals surface area (Å²) in [7, 11) is -3.61. The molecular weight excluding hydrogens is 570 g/mol. The summed E-state index contributed by atoms with van der Waals surface area (Å²) in [6.07, 6.45) is 12.7. The van der Waals surface area contributed by atoms with Gasteiger partial charge < -0.3 is 10.2 Å². The molecule has 3 fully saturated rings. The van der Waals surface area contributed by atoms with Crippen molar-refractivity contribution >= 4 is 15.8 Å². The second kappa shape index (κ2) is 9.96. The van der Waals surface area contributed by atoms with Crippen LogP contribution in [0.4, 0.5) is 0 Å². The van der Waals surface area contributed by atoms with E-state index in [1.807, 2.05) is 60.7 Å². The first-order valence-corrected chi connectivity index (χ1v) is 18.1. The number of aliphatic hydroxyl groups is 2. The molecule has 0 amide bonds. The molecule has 0 aliphatic heterocycles. The molecule has 8 unspecified atom stereocenters. The number of ketones is 1. The van der Waals surface area contributed by atoms with Crippen molar-refractivity contribution in [1.29, 1.82) is 0 Å². The first-order chi connectivity index (χ1) is 20.8. The third kappa shape index (κ3) is 4.08. The lowest BCUT2D eigenvalue weighted by atomic mass is 9.32. The minimum atomic E-state index is -3.61. The Labute approximate surface area is 261 Å². The molecule has 0 aromatic heterocycles. The Morgan fingerprint density at radius 3 is 2.18 bits per heavy atom. The van der Waals surface area contributed by atoms with Crippen LogP contribution < -0.4 is 0 Å². The summed E-state index contributed by atoms with van der Waals surface area (Å²) in [6, 6.07) is 19.0. The number of rotatable bonds is 7.